The van der Waals surface area contributed by atoms with Gasteiger partial charge >= 0.3 is 153 Å². The van der Waals surface area contributed by atoms with Crippen LogP contribution in [0.2, 0.25) is 12.1 Å². The Kier molecular flexibility index (Phi) is 8.30. The number of allylic oxidation sites excluding steroid dienone is 8. The van der Waals surface area contributed by atoms with E-state index >= 15 is 0 Å². The molecule has 0 amide bonds. The average Bonchev–Trinajstić information content (AvgIpc) is 2.77. The SMILES string of the molecule is CC1=C(C)C(C)[C]([Zr+2]([C]2=C(C)C(C)=C(C)C2C)[SiH]2CCC2)=C1C.[Cl-].[Cl-]. The minimum absolute atomic E-state index is 0. The fourth-order valence-electron chi connectivity index (χ4n) is 4.88. The minimum Gasteiger partial charge on any atom is -1.00 e. The van der Waals surface area contributed by atoms with Crippen molar-refractivity contribution in [2.45, 2.75) is 73.9 Å². The molecular weight excluding hydrogens is 442 g/mol. The maximum absolute atomic E-state index is 2.51. The van der Waals surface area contributed by atoms with Crippen molar-refractivity contribution < 1.29 is 45.7 Å². The number of hydrogen-bond donors (Lipinski definition) is 0. The Balaban J connectivity index is 0.00000156. The standard InChI is InChI=1S/2C9H13.C3H7Si.2ClH.Zr/c2*1-6-5-7(2)9(4)8(6)3;1-2-4-3-1;;;/h2*6H,1-4H3;4H,1-3H2;2*1H;/q;;;;;+2/p-2. The van der Waals surface area contributed by atoms with Gasteiger partial charge in [0.15, 0.2) is 0 Å². The molecule has 139 valence electrons. The molecular formula is C21H33Cl2SiZr. The summed E-state index contributed by atoms with van der Waals surface area (Å²) < 4.78 is 4.03. The van der Waals surface area contributed by atoms with Gasteiger partial charge in [-0.2, -0.15) is 0 Å². The Hall–Kier alpha value is 0.640. The van der Waals surface area contributed by atoms with Crippen LogP contribution in [0.15, 0.2) is 40.0 Å². The van der Waals surface area contributed by atoms with Crippen LogP contribution in [0.5, 0.6) is 0 Å². The molecule has 0 aromatic heterocycles. The molecule has 1 aliphatic heterocycles. The molecule has 0 radical (unpaired) electrons. The molecule has 0 aromatic rings. The van der Waals surface area contributed by atoms with E-state index in [1.807, 2.05) is 6.56 Å². The van der Waals surface area contributed by atoms with Crippen LogP contribution in [0.3, 0.4) is 0 Å². The van der Waals surface area contributed by atoms with Crippen molar-refractivity contribution in [1.82, 2.24) is 0 Å². The van der Waals surface area contributed by atoms with E-state index < -0.39 is 26.8 Å². The molecule has 3 aliphatic rings. The Bertz CT molecular complexity index is 628. The zero-order chi connectivity index (χ0) is 17.0. The number of halogens is 2. The van der Waals surface area contributed by atoms with E-state index in [1.54, 1.807) is 51.9 Å². The Morgan fingerprint density at radius 2 is 1.04 bits per heavy atom. The molecule has 1 fully saturated rings. The van der Waals surface area contributed by atoms with Gasteiger partial charge in [0.05, 0.1) is 0 Å². The van der Waals surface area contributed by atoms with Crippen LogP contribution in [0, 0.1) is 11.8 Å². The molecule has 0 N–H and O–H groups in total. The molecule has 0 bridgehead atoms. The third-order valence-electron chi connectivity index (χ3n) is 7.37. The molecule has 0 nitrogen and oxygen atoms in total. The van der Waals surface area contributed by atoms with Gasteiger partial charge in [-0.05, 0) is 0 Å². The first-order valence-electron chi connectivity index (χ1n) is 9.41. The van der Waals surface area contributed by atoms with E-state index in [9.17, 15) is 0 Å². The minimum atomic E-state index is -1.64. The van der Waals surface area contributed by atoms with Gasteiger partial charge in [-0.15, -0.1) is 0 Å². The Morgan fingerprint density at radius 1 is 0.680 bits per heavy atom. The van der Waals surface area contributed by atoms with E-state index in [0.717, 1.165) is 11.8 Å². The van der Waals surface area contributed by atoms with Crippen molar-refractivity contribution in [3.8, 4) is 0 Å². The van der Waals surface area contributed by atoms with E-state index in [4.69, 9.17) is 0 Å². The van der Waals surface area contributed by atoms with Gasteiger partial charge in [0.1, 0.15) is 0 Å². The van der Waals surface area contributed by atoms with Gasteiger partial charge in [0.2, 0.25) is 0 Å². The van der Waals surface area contributed by atoms with Gasteiger partial charge < -0.3 is 24.8 Å². The predicted octanol–water partition coefficient (Wildman–Crippen LogP) is 0.260. The summed E-state index contributed by atoms with van der Waals surface area (Å²) in [5.74, 6) is 1.05. The molecule has 1 saturated heterocycles. The normalized spacial score (nSPS) is 26.9. The number of hydrogen-bond acceptors (Lipinski definition) is 0. The molecule has 0 aromatic carbocycles. The van der Waals surface area contributed by atoms with E-state index in [1.165, 1.54) is 0 Å². The maximum atomic E-state index is 2.51. The number of rotatable bonds is 3. The van der Waals surface area contributed by atoms with Crippen LogP contribution in [-0.2, 0) is 20.9 Å². The Labute approximate surface area is 176 Å². The van der Waals surface area contributed by atoms with Gasteiger partial charge in [-0.25, -0.2) is 0 Å². The molecule has 0 saturated carbocycles. The maximum Gasteiger partial charge on any atom is -1.00 e. The monoisotopic (exact) mass is 473 g/mol. The zero-order valence-electron chi connectivity index (χ0n) is 17.1. The van der Waals surface area contributed by atoms with Crippen LogP contribution >= 0.6 is 0 Å². The van der Waals surface area contributed by atoms with Gasteiger partial charge in [0.25, 0.3) is 0 Å². The first-order chi connectivity index (χ1) is 10.8. The predicted molar refractivity (Wildman–Crippen MR) is 102 cm³/mol. The molecule has 3 rings (SSSR count). The van der Waals surface area contributed by atoms with Crippen molar-refractivity contribution >= 4 is 5.92 Å². The van der Waals surface area contributed by atoms with Crippen molar-refractivity contribution in [1.29, 1.82) is 0 Å². The third kappa shape index (κ3) is 3.67. The molecule has 2 unspecified atom stereocenters. The van der Waals surface area contributed by atoms with Gasteiger partial charge in [0, 0.05) is 0 Å². The van der Waals surface area contributed by atoms with Crippen LogP contribution in [0.1, 0.15) is 61.8 Å². The van der Waals surface area contributed by atoms with E-state index in [0.29, 0.717) is 0 Å². The molecule has 2 aliphatic carbocycles. The van der Waals surface area contributed by atoms with Crippen molar-refractivity contribution in [2.75, 3.05) is 0 Å². The molecule has 25 heavy (non-hydrogen) atoms. The van der Waals surface area contributed by atoms with Crippen molar-refractivity contribution in [3.63, 3.8) is 0 Å². The van der Waals surface area contributed by atoms with E-state index in [2.05, 4.69) is 55.4 Å². The van der Waals surface area contributed by atoms with E-state index in [-0.39, 0.29) is 24.8 Å². The first-order valence-corrected chi connectivity index (χ1v) is 18.3. The largest absolute Gasteiger partial charge is 1.00 e. The van der Waals surface area contributed by atoms with Crippen molar-refractivity contribution in [3.05, 3.63) is 40.0 Å². The summed E-state index contributed by atoms with van der Waals surface area (Å²) >= 11 is -1.64. The van der Waals surface area contributed by atoms with Gasteiger partial charge in [-0.1, -0.05) is 0 Å². The summed E-state index contributed by atoms with van der Waals surface area (Å²) in [6, 6.07) is 3.30. The summed E-state index contributed by atoms with van der Waals surface area (Å²) in [6.45, 7) is 19.5. The summed E-state index contributed by atoms with van der Waals surface area (Å²) in [4.78, 5) is 0. The third-order valence-corrected chi connectivity index (χ3v) is 31.2. The molecule has 2 atom stereocenters. The fraction of sp³-hybridized carbons (Fsp3) is 0.619. The molecule has 1 heterocycles. The zero-order valence-corrected chi connectivity index (χ0v) is 22.2. The summed E-state index contributed by atoms with van der Waals surface area (Å²) in [6.07, 6.45) is 1.54. The van der Waals surface area contributed by atoms with Crippen LogP contribution < -0.4 is 24.8 Å². The van der Waals surface area contributed by atoms with Crippen LogP contribution in [-0.4, -0.2) is 5.92 Å². The average molecular weight is 476 g/mol. The smallest absolute Gasteiger partial charge is 1.00 e. The second kappa shape index (κ2) is 8.76. The summed E-state index contributed by atoms with van der Waals surface area (Å²) in [5.41, 5.74) is 10.0. The van der Waals surface area contributed by atoms with Crippen LogP contribution in [0.4, 0.5) is 0 Å². The quantitative estimate of drug-likeness (QED) is 0.514. The second-order valence-corrected chi connectivity index (χ2v) is 24.8. The summed E-state index contributed by atoms with van der Waals surface area (Å²) in [5, 5.41) is 0. The summed E-state index contributed by atoms with van der Waals surface area (Å²) in [7, 11) is 0. The van der Waals surface area contributed by atoms with Crippen LogP contribution in [0.25, 0.3) is 0 Å². The van der Waals surface area contributed by atoms with Crippen molar-refractivity contribution in [2.24, 2.45) is 11.8 Å². The topological polar surface area (TPSA) is 0 Å². The Morgan fingerprint density at radius 3 is 1.24 bits per heavy atom. The van der Waals surface area contributed by atoms with Gasteiger partial charge in [-0.3, -0.25) is 0 Å². The molecule has 4 heteroatoms. The molecule has 0 spiro atoms. The first kappa shape index (κ1) is 23.7. The second-order valence-electron chi connectivity index (χ2n) is 8.18. The fourth-order valence-corrected chi connectivity index (χ4v) is 33.4.